The summed E-state index contributed by atoms with van der Waals surface area (Å²) in [4.78, 5) is 36.0. The van der Waals surface area contributed by atoms with E-state index in [0.717, 1.165) is 0 Å². The van der Waals surface area contributed by atoms with E-state index in [4.69, 9.17) is 5.73 Å². The summed E-state index contributed by atoms with van der Waals surface area (Å²) in [5.41, 5.74) is 5.64. The van der Waals surface area contributed by atoms with Crippen LogP contribution in [0, 0.1) is 0 Å². The first-order chi connectivity index (χ1) is 9.82. The average Bonchev–Trinajstić information content (AvgIpc) is 2.38. The summed E-state index contributed by atoms with van der Waals surface area (Å²) >= 11 is 0. The van der Waals surface area contributed by atoms with Gasteiger partial charge in [0.1, 0.15) is 6.04 Å². The molecular formula is C13H15F2N3O3. The number of halogens is 2. The minimum absolute atomic E-state index is 0.101. The van der Waals surface area contributed by atoms with Crippen LogP contribution in [-0.4, -0.2) is 29.3 Å². The van der Waals surface area contributed by atoms with E-state index in [1.165, 1.54) is 6.07 Å². The quantitative estimate of drug-likeness (QED) is 0.647. The lowest BCUT2D eigenvalue weighted by atomic mass is 9.91. The van der Waals surface area contributed by atoms with Crippen molar-refractivity contribution in [3.8, 4) is 0 Å². The second-order valence-corrected chi connectivity index (χ2v) is 5.10. The van der Waals surface area contributed by atoms with Gasteiger partial charge in [-0.1, -0.05) is 0 Å². The molecule has 21 heavy (non-hydrogen) atoms. The Labute approximate surface area is 118 Å². The van der Waals surface area contributed by atoms with E-state index in [0.29, 0.717) is 17.7 Å². The van der Waals surface area contributed by atoms with Gasteiger partial charge in [0.2, 0.25) is 12.3 Å². The van der Waals surface area contributed by atoms with E-state index in [2.05, 4.69) is 10.3 Å². The van der Waals surface area contributed by atoms with Gasteiger partial charge in [0.25, 0.3) is 11.5 Å². The minimum Gasteiger partial charge on any atom is -0.368 e. The van der Waals surface area contributed by atoms with E-state index in [1.54, 1.807) is 0 Å². The fraction of sp³-hybridized carbons (Fsp3) is 0.462. The number of rotatable bonds is 5. The zero-order valence-corrected chi connectivity index (χ0v) is 11.1. The predicted octanol–water partition coefficient (Wildman–Crippen LogP) is -0.359. The smallest absolute Gasteiger partial charge is 0.252 e. The summed E-state index contributed by atoms with van der Waals surface area (Å²) in [5, 5.41) is 2.20. The molecule has 0 radical (unpaired) electrons. The fourth-order valence-corrected chi connectivity index (χ4v) is 2.41. The molecule has 8 heteroatoms. The third-order valence-electron chi connectivity index (χ3n) is 3.52. The summed E-state index contributed by atoms with van der Waals surface area (Å²) in [6.07, 6.45) is -0.484. The van der Waals surface area contributed by atoms with Crippen molar-refractivity contribution in [3.63, 3.8) is 0 Å². The topological polar surface area (TPSA) is 105 Å². The second kappa shape index (κ2) is 5.63. The third kappa shape index (κ3) is 3.45. The molecule has 0 aromatic carbocycles. The molecular weight excluding hydrogens is 284 g/mol. The Morgan fingerprint density at radius 1 is 1.57 bits per heavy atom. The van der Waals surface area contributed by atoms with Crippen LogP contribution in [0.3, 0.4) is 0 Å². The molecule has 1 aliphatic rings. The number of alkyl halides is 2. The molecule has 1 unspecified atom stereocenters. The van der Waals surface area contributed by atoms with E-state index in [-0.39, 0.29) is 24.8 Å². The number of carbonyl (C=O) groups excluding carboxylic acids is 2. The van der Waals surface area contributed by atoms with Gasteiger partial charge in [0, 0.05) is 30.5 Å². The molecule has 0 saturated heterocycles. The summed E-state index contributed by atoms with van der Waals surface area (Å²) in [7, 11) is 0. The predicted molar refractivity (Wildman–Crippen MR) is 69.9 cm³/mol. The lowest BCUT2D eigenvalue weighted by Crippen LogP contribution is -2.43. The molecule has 0 aliphatic heterocycles. The highest BCUT2D eigenvalue weighted by molar-refractivity contribution is 5.82. The van der Waals surface area contributed by atoms with Crippen LogP contribution in [-0.2, 0) is 28.9 Å². The highest BCUT2D eigenvalue weighted by Gasteiger charge is 2.34. The normalized spacial score (nSPS) is 17.6. The van der Waals surface area contributed by atoms with Crippen molar-refractivity contribution < 1.29 is 18.4 Å². The fourth-order valence-electron chi connectivity index (χ4n) is 2.41. The maximum absolute atomic E-state index is 13.4. The number of H-pyrrole nitrogens is 1. The number of fused-ring (bicyclic) bond motifs is 1. The molecule has 0 bridgehead atoms. The molecule has 1 heterocycles. The summed E-state index contributed by atoms with van der Waals surface area (Å²) in [6.45, 7) is 0. The zero-order chi connectivity index (χ0) is 15.6. The molecule has 0 spiro atoms. The van der Waals surface area contributed by atoms with Crippen LogP contribution in [0.5, 0.6) is 0 Å². The van der Waals surface area contributed by atoms with Crippen molar-refractivity contribution in [1.29, 1.82) is 0 Å². The number of aryl methyl sites for hydroxylation is 1. The Balaban J connectivity index is 2.31. The maximum atomic E-state index is 13.4. The van der Waals surface area contributed by atoms with Crippen molar-refractivity contribution in [1.82, 2.24) is 10.3 Å². The monoisotopic (exact) mass is 299 g/mol. The molecule has 0 saturated carbocycles. The standard InChI is InChI=1S/C13H15F2N3O3/c14-13(15)2-1-9-8(5-13)3-7(12(21)18-9)4-10(11(16)20)17-6-19/h3,6,10H,1-2,4-5H2,(H2,16,20)(H,17,19)(H,18,21). The number of primary amides is 1. The van der Waals surface area contributed by atoms with Crippen LogP contribution in [0.25, 0.3) is 0 Å². The SMILES string of the molecule is NC(=O)C(Cc1cc2c([nH]c1=O)CCC(F)(F)C2)NC=O. The first kappa shape index (κ1) is 15.1. The Morgan fingerprint density at radius 3 is 2.90 bits per heavy atom. The van der Waals surface area contributed by atoms with Gasteiger partial charge in [-0.15, -0.1) is 0 Å². The van der Waals surface area contributed by atoms with E-state index in [1.807, 2.05) is 0 Å². The average molecular weight is 299 g/mol. The number of hydrogen-bond acceptors (Lipinski definition) is 3. The van der Waals surface area contributed by atoms with Crippen molar-refractivity contribution in [3.05, 3.63) is 33.2 Å². The second-order valence-electron chi connectivity index (χ2n) is 5.10. The summed E-state index contributed by atoms with van der Waals surface area (Å²) < 4.78 is 26.8. The Morgan fingerprint density at radius 2 is 2.29 bits per heavy atom. The maximum Gasteiger partial charge on any atom is 0.252 e. The number of aromatic amines is 1. The van der Waals surface area contributed by atoms with Gasteiger partial charge in [-0.25, -0.2) is 8.78 Å². The number of pyridine rings is 1. The first-order valence-electron chi connectivity index (χ1n) is 6.43. The molecule has 6 nitrogen and oxygen atoms in total. The van der Waals surface area contributed by atoms with E-state index in [9.17, 15) is 23.2 Å². The van der Waals surface area contributed by atoms with Crippen LogP contribution in [0.4, 0.5) is 8.78 Å². The van der Waals surface area contributed by atoms with Gasteiger partial charge in [0.15, 0.2) is 0 Å². The van der Waals surface area contributed by atoms with Gasteiger partial charge in [-0.3, -0.25) is 14.4 Å². The van der Waals surface area contributed by atoms with E-state index < -0.39 is 29.9 Å². The largest absolute Gasteiger partial charge is 0.368 e. The summed E-state index contributed by atoms with van der Waals surface area (Å²) in [5.74, 6) is -3.60. The van der Waals surface area contributed by atoms with Gasteiger partial charge in [0.05, 0.1) is 0 Å². The van der Waals surface area contributed by atoms with Crippen LogP contribution in [0.2, 0.25) is 0 Å². The highest BCUT2D eigenvalue weighted by atomic mass is 19.3. The van der Waals surface area contributed by atoms with Crippen molar-refractivity contribution >= 4 is 12.3 Å². The number of nitrogens with two attached hydrogens (primary N) is 1. The lowest BCUT2D eigenvalue weighted by Gasteiger charge is -2.24. The molecule has 2 rings (SSSR count). The number of nitrogens with one attached hydrogen (secondary N) is 2. The van der Waals surface area contributed by atoms with Crippen LogP contribution in [0.1, 0.15) is 23.2 Å². The number of amides is 2. The van der Waals surface area contributed by atoms with Crippen LogP contribution >= 0.6 is 0 Å². The molecule has 1 aromatic rings. The van der Waals surface area contributed by atoms with Crippen molar-refractivity contribution in [2.24, 2.45) is 5.73 Å². The Bertz CT molecular complexity index is 628. The van der Waals surface area contributed by atoms with E-state index >= 15 is 0 Å². The molecule has 0 fully saturated rings. The summed E-state index contributed by atoms with van der Waals surface area (Å²) in [6, 6.07) is 0.315. The molecule has 4 N–H and O–H groups in total. The number of aromatic nitrogens is 1. The van der Waals surface area contributed by atoms with Crippen molar-refractivity contribution in [2.75, 3.05) is 0 Å². The van der Waals surface area contributed by atoms with Gasteiger partial charge >= 0.3 is 0 Å². The lowest BCUT2D eigenvalue weighted by molar-refractivity contribution is -0.122. The van der Waals surface area contributed by atoms with Crippen LogP contribution < -0.4 is 16.6 Å². The minimum atomic E-state index is -2.80. The molecule has 1 aliphatic carbocycles. The van der Waals surface area contributed by atoms with Gasteiger partial charge in [-0.05, 0) is 18.1 Å². The zero-order valence-electron chi connectivity index (χ0n) is 11.1. The number of carbonyl (C=O) groups is 2. The van der Waals surface area contributed by atoms with Gasteiger partial charge in [-0.2, -0.15) is 0 Å². The molecule has 114 valence electrons. The van der Waals surface area contributed by atoms with Crippen LogP contribution in [0.15, 0.2) is 10.9 Å². The third-order valence-corrected chi connectivity index (χ3v) is 3.52. The highest BCUT2D eigenvalue weighted by Crippen LogP contribution is 2.31. The van der Waals surface area contributed by atoms with Crippen molar-refractivity contribution in [2.45, 2.75) is 37.6 Å². The Kier molecular flexibility index (Phi) is 4.06. The molecule has 2 amide bonds. The first-order valence-corrected chi connectivity index (χ1v) is 6.43. The molecule has 1 atom stereocenters. The molecule has 1 aromatic heterocycles. The number of hydrogen-bond donors (Lipinski definition) is 3. The van der Waals surface area contributed by atoms with Gasteiger partial charge < -0.3 is 16.0 Å². The Hall–Kier alpha value is -2.25.